The van der Waals surface area contributed by atoms with Crippen molar-refractivity contribution in [2.45, 2.75) is 57.1 Å². The molecule has 5 N–H and O–H groups in total. The van der Waals surface area contributed by atoms with Crippen LogP contribution in [-0.4, -0.2) is 73.8 Å². The molecule has 3 rings (SSSR count). The minimum Gasteiger partial charge on any atom is -0.388 e. The Morgan fingerprint density at radius 1 is 1.32 bits per heavy atom. The third kappa shape index (κ3) is 4.17. The van der Waals surface area contributed by atoms with Crippen LogP contribution in [0.1, 0.15) is 38.2 Å². The van der Waals surface area contributed by atoms with Gasteiger partial charge in [-0.3, -0.25) is 14.3 Å². The number of aromatic amines is 1. The van der Waals surface area contributed by atoms with Gasteiger partial charge in [0.15, 0.2) is 17.4 Å². The number of aliphatic hydroxyl groups excluding tert-OH is 2. The topological polar surface area (TPSA) is 139 Å². The molecule has 1 fully saturated rings. The van der Waals surface area contributed by atoms with E-state index < -0.39 is 37.0 Å². The first-order chi connectivity index (χ1) is 13.1. The number of anilines is 1. The Kier molecular flexibility index (Phi) is 6.00. The summed E-state index contributed by atoms with van der Waals surface area (Å²) < 4.78 is 7.67. The van der Waals surface area contributed by atoms with Gasteiger partial charge in [-0.25, -0.2) is 4.98 Å². The molecule has 0 aliphatic carbocycles. The lowest BCUT2D eigenvalue weighted by atomic mass is 10.1. The van der Waals surface area contributed by atoms with Gasteiger partial charge >= 0.3 is 0 Å². The smallest absolute Gasteiger partial charge is 0.280 e. The van der Waals surface area contributed by atoms with Crippen molar-refractivity contribution in [2.24, 2.45) is 0 Å². The summed E-state index contributed by atoms with van der Waals surface area (Å²) in [7, 11) is 0. The van der Waals surface area contributed by atoms with Crippen molar-refractivity contribution in [1.29, 1.82) is 0 Å². The molecule has 0 saturated carbocycles. The fraction of sp³-hybridized carbons (Fsp3) is 0.667. The van der Waals surface area contributed by atoms with E-state index in [1.807, 2.05) is 0 Å². The van der Waals surface area contributed by atoms with Gasteiger partial charge in [0.1, 0.15) is 18.0 Å². The van der Waals surface area contributed by atoms with Crippen LogP contribution in [0.3, 0.4) is 0 Å². The Balaban J connectivity index is 2.01. The van der Waals surface area contributed by atoms with Gasteiger partial charge in [0.25, 0.3) is 5.56 Å². The number of unbranched alkanes of at least 4 members (excludes halogenated alkanes) is 1. The maximum absolute atomic E-state index is 12.3. The van der Waals surface area contributed by atoms with Crippen molar-refractivity contribution in [1.82, 2.24) is 19.5 Å². The van der Waals surface area contributed by atoms with Crippen LogP contribution in [0.5, 0.6) is 0 Å². The van der Waals surface area contributed by atoms with Gasteiger partial charge in [0.2, 0.25) is 5.95 Å². The van der Waals surface area contributed by atoms with Gasteiger partial charge < -0.3 is 20.7 Å². The van der Waals surface area contributed by atoms with Crippen molar-refractivity contribution in [3.8, 4) is 0 Å². The molecule has 28 heavy (non-hydrogen) atoms. The Labute approximate surface area is 163 Å². The second-order valence-corrected chi connectivity index (χ2v) is 12.4. The van der Waals surface area contributed by atoms with E-state index in [-0.39, 0.29) is 17.1 Å². The molecule has 0 aromatic carbocycles. The van der Waals surface area contributed by atoms with Gasteiger partial charge in [-0.2, -0.15) is 4.98 Å². The summed E-state index contributed by atoms with van der Waals surface area (Å²) >= 11 is 0. The van der Waals surface area contributed by atoms with E-state index >= 15 is 0 Å². The number of nitrogens with two attached hydrogens (primary N) is 1. The number of aromatic nitrogens is 4. The van der Waals surface area contributed by atoms with Crippen molar-refractivity contribution in [2.75, 3.05) is 25.2 Å². The van der Waals surface area contributed by atoms with Crippen LogP contribution in [-0.2, 0) is 11.2 Å². The van der Waals surface area contributed by atoms with Crippen molar-refractivity contribution >= 4 is 30.3 Å². The van der Waals surface area contributed by atoms with E-state index in [0.29, 0.717) is 18.7 Å². The molecule has 1 aliphatic rings. The number of rotatable bonds is 7. The number of imidazole rings is 1. The van der Waals surface area contributed by atoms with Gasteiger partial charge in [0, 0.05) is 6.42 Å². The average molecular weight is 411 g/mol. The largest absolute Gasteiger partial charge is 0.388 e. The molecule has 3 heterocycles. The molecule has 4 atom stereocenters. The van der Waals surface area contributed by atoms with Crippen LogP contribution in [0.25, 0.3) is 11.2 Å². The molecule has 0 bridgehead atoms. The van der Waals surface area contributed by atoms with Crippen molar-refractivity contribution in [3.63, 3.8) is 0 Å². The number of nitrogens with one attached hydrogen (secondary N) is 1. The monoisotopic (exact) mass is 411 g/mol. The average Bonchev–Trinajstić information content (AvgIpc) is 3.09. The zero-order chi connectivity index (χ0) is 20.6. The Morgan fingerprint density at radius 3 is 2.68 bits per heavy atom. The van der Waals surface area contributed by atoms with E-state index in [1.54, 1.807) is 4.57 Å². The highest BCUT2D eigenvalue weighted by Crippen LogP contribution is 2.40. The predicted molar refractivity (Wildman–Crippen MR) is 112 cm³/mol. The summed E-state index contributed by atoms with van der Waals surface area (Å²) in [5.74, 6) is 0.552. The Morgan fingerprint density at radius 2 is 2.04 bits per heavy atom. The van der Waals surface area contributed by atoms with E-state index in [2.05, 4.69) is 41.5 Å². The fourth-order valence-electron chi connectivity index (χ4n) is 3.48. The number of hydrogen-bond acceptors (Lipinski definition) is 7. The number of nitrogen functional groups attached to an aromatic ring is 1. The van der Waals surface area contributed by atoms with E-state index in [0.717, 1.165) is 19.0 Å². The molecule has 9 nitrogen and oxygen atoms in total. The molecule has 2 aromatic heterocycles. The maximum atomic E-state index is 12.3. The Hall–Kier alpha value is -1.67. The van der Waals surface area contributed by atoms with Crippen LogP contribution in [0.4, 0.5) is 5.95 Å². The first-order valence-electron chi connectivity index (χ1n) is 9.58. The molecule has 0 radical (unpaired) electrons. The number of ether oxygens (including phenoxy) is 1. The fourth-order valence-corrected chi connectivity index (χ4v) is 4.44. The number of fused-ring (bicyclic) bond motifs is 1. The molecule has 0 amide bonds. The second-order valence-electron chi connectivity index (χ2n) is 8.12. The lowest BCUT2D eigenvalue weighted by molar-refractivity contribution is -0.0368. The summed E-state index contributed by atoms with van der Waals surface area (Å²) in [4.78, 5) is 23.4. The number of nitrogens with zero attached hydrogens (tertiary/aromatic N) is 3. The summed E-state index contributed by atoms with van der Waals surface area (Å²) in [5, 5.41) is 21.2. The van der Waals surface area contributed by atoms with E-state index in [9.17, 15) is 15.0 Å². The molecular formula is C18H30N5O4P. The quantitative estimate of drug-likeness (QED) is 0.493. The first-order valence-corrected chi connectivity index (χ1v) is 12.6. The van der Waals surface area contributed by atoms with Crippen molar-refractivity contribution in [3.05, 3.63) is 16.2 Å². The lowest BCUT2D eigenvalue weighted by Gasteiger charge is -2.20. The molecule has 1 saturated heterocycles. The number of aliphatic hydroxyl groups is 2. The van der Waals surface area contributed by atoms with Gasteiger partial charge in [-0.15, -0.1) is 13.2 Å². The predicted octanol–water partition coefficient (Wildman–Crippen LogP) is 0.763. The van der Waals surface area contributed by atoms with Crippen LogP contribution in [0.15, 0.2) is 4.79 Å². The maximum Gasteiger partial charge on any atom is 0.280 e. The number of aryl methyl sites for hydroxylation is 1. The van der Waals surface area contributed by atoms with Crippen LogP contribution >= 0.6 is 6.89 Å². The molecule has 1 aliphatic heterocycles. The number of hydrogen-bond donors (Lipinski definition) is 4. The molecule has 156 valence electrons. The van der Waals surface area contributed by atoms with E-state index in [1.165, 1.54) is 0 Å². The van der Waals surface area contributed by atoms with E-state index in [4.69, 9.17) is 10.5 Å². The first kappa shape index (κ1) is 21.0. The summed E-state index contributed by atoms with van der Waals surface area (Å²) in [6, 6.07) is 0. The SMILES string of the molecule is C=P(C)(C)CC[C@H]1OC(n2c(CCCC)nc3c(=O)[nH]c(N)nc32)[C@H](O)[C@@H]1O. The van der Waals surface area contributed by atoms with Crippen LogP contribution in [0.2, 0.25) is 0 Å². The van der Waals surface area contributed by atoms with Gasteiger partial charge in [0.05, 0.1) is 6.10 Å². The third-order valence-electron chi connectivity index (χ3n) is 5.01. The normalized spacial score (nSPS) is 25.6. The Bertz CT molecular complexity index is 949. The zero-order valence-electron chi connectivity index (χ0n) is 16.6. The minimum absolute atomic E-state index is 0.0334. The summed E-state index contributed by atoms with van der Waals surface area (Å²) in [6.45, 7) is 5.01. The highest BCUT2D eigenvalue weighted by atomic mass is 31.2. The van der Waals surface area contributed by atoms with Gasteiger partial charge in [-0.1, -0.05) is 13.3 Å². The number of H-pyrrole nitrogens is 1. The lowest BCUT2D eigenvalue weighted by Crippen LogP contribution is -2.32. The summed E-state index contributed by atoms with van der Waals surface area (Å²) in [5.41, 5.74) is 5.70. The minimum atomic E-state index is -1.29. The third-order valence-corrected chi connectivity index (χ3v) is 6.48. The molecule has 0 spiro atoms. The summed E-state index contributed by atoms with van der Waals surface area (Å²) in [6.07, 6.45) is 4.43. The highest BCUT2D eigenvalue weighted by Gasteiger charge is 2.45. The standard InChI is InChI=1S/C18H30N5O4P/c1-5-6-7-11-20-12-15(21-18(19)22-16(12)26)23(11)17-14(25)13(24)10(27-17)8-9-28(2,3)4/h10,13-14,17,24-25H,2,5-9H2,1,3-4H3,(H3,19,21,22,26)/t10-,13-,14-,17?/m1/s1. The molecule has 10 heteroatoms. The highest BCUT2D eigenvalue weighted by molar-refractivity contribution is 7.72. The van der Waals surface area contributed by atoms with Crippen molar-refractivity contribution < 1.29 is 14.9 Å². The van der Waals surface area contributed by atoms with Crippen LogP contribution < -0.4 is 11.3 Å². The molecular weight excluding hydrogens is 381 g/mol. The molecule has 2 aromatic rings. The van der Waals surface area contributed by atoms with Gasteiger partial charge in [-0.05, 0) is 32.3 Å². The zero-order valence-corrected chi connectivity index (χ0v) is 17.5. The second kappa shape index (κ2) is 7.99. The molecule has 1 unspecified atom stereocenters. The van der Waals surface area contributed by atoms with Crippen LogP contribution in [0, 0.1) is 0 Å².